The van der Waals surface area contributed by atoms with Crippen molar-refractivity contribution in [2.24, 2.45) is 0 Å². The Morgan fingerprint density at radius 3 is 1.07 bits per heavy atom. The average molecular weight is 248 g/mol. The van der Waals surface area contributed by atoms with Gasteiger partial charge in [-0.1, -0.05) is 13.2 Å². The molecule has 0 aliphatic heterocycles. The Bertz CT molecular complexity index is 233. The molecule has 0 aromatic heterocycles. The average Bonchev–Trinajstić information content (AvgIpc) is 1.81. The first-order valence-electron chi connectivity index (χ1n) is 2.82. The first kappa shape index (κ1) is 15.8. The summed E-state index contributed by atoms with van der Waals surface area (Å²) in [5, 5.41) is 0. The van der Waals surface area contributed by atoms with E-state index in [9.17, 15) is 9.13 Å². The molecule has 0 heterocycles. The van der Waals surface area contributed by atoms with E-state index < -0.39 is 15.6 Å². The highest BCUT2D eigenvalue weighted by Gasteiger charge is 2.10. The van der Waals surface area contributed by atoms with E-state index in [0.717, 1.165) is 0 Å². The molecule has 0 saturated carbocycles. The van der Waals surface area contributed by atoms with Crippen LogP contribution >= 0.6 is 15.6 Å². The molecule has 0 aromatic rings. The first-order chi connectivity index (χ1) is 6.12. The second-order valence-electron chi connectivity index (χ2n) is 1.53. The van der Waals surface area contributed by atoms with Crippen LogP contribution in [0.1, 0.15) is 0 Å². The minimum Gasteiger partial charge on any atom is -0.413 e. The largest absolute Gasteiger partial charge is 0.524 e. The number of phosphoric acid groups is 2. The zero-order valence-corrected chi connectivity index (χ0v) is 8.67. The van der Waals surface area contributed by atoms with Gasteiger partial charge in [0.05, 0.1) is 12.5 Å². The molecule has 84 valence electrons. The molecule has 4 N–H and O–H groups in total. The highest BCUT2D eigenvalue weighted by atomic mass is 31.2. The Kier molecular flexibility index (Phi) is 7.67. The molecule has 0 fully saturated rings. The van der Waals surface area contributed by atoms with Crippen LogP contribution in [-0.2, 0) is 18.2 Å². The monoisotopic (exact) mass is 248 g/mol. The standard InChI is InChI=1S/2C2H5O4P/c2*1-2-6-7(3,4)5/h2*2H,1H2,(H2,3,4,5). The van der Waals surface area contributed by atoms with Crippen molar-refractivity contribution in [3.63, 3.8) is 0 Å². The third-order valence-electron chi connectivity index (χ3n) is 0.424. The molecule has 8 nitrogen and oxygen atoms in total. The van der Waals surface area contributed by atoms with Gasteiger partial charge < -0.3 is 9.05 Å². The Morgan fingerprint density at radius 2 is 1.07 bits per heavy atom. The Labute approximate surface area is 80.0 Å². The second-order valence-corrected chi connectivity index (χ2v) is 3.91. The summed E-state index contributed by atoms with van der Waals surface area (Å²) < 4.78 is 26.6. The maximum atomic E-state index is 9.63. The molecule has 0 rings (SSSR count). The van der Waals surface area contributed by atoms with Gasteiger partial charge in [-0.2, -0.15) is 0 Å². The van der Waals surface area contributed by atoms with Crippen LogP contribution in [0.5, 0.6) is 0 Å². The molecule has 0 aliphatic carbocycles. The molecule has 0 aromatic carbocycles. The molecular weight excluding hydrogens is 238 g/mol. The first-order valence-corrected chi connectivity index (χ1v) is 5.88. The highest BCUT2D eigenvalue weighted by molar-refractivity contribution is 7.46. The van der Waals surface area contributed by atoms with E-state index in [4.69, 9.17) is 19.6 Å². The fourth-order valence-corrected chi connectivity index (χ4v) is 0.583. The SMILES string of the molecule is C=COP(=O)(O)O.C=COP(=O)(O)O. The van der Waals surface area contributed by atoms with Crippen LogP contribution in [0.2, 0.25) is 0 Å². The predicted octanol–water partition coefficient (Wildman–Crippen LogP) is 0.478. The summed E-state index contributed by atoms with van der Waals surface area (Å²) >= 11 is 0. The smallest absolute Gasteiger partial charge is 0.413 e. The van der Waals surface area contributed by atoms with Gasteiger partial charge in [-0.25, -0.2) is 9.13 Å². The van der Waals surface area contributed by atoms with Crippen LogP contribution in [0.15, 0.2) is 25.7 Å². The van der Waals surface area contributed by atoms with Crippen molar-refractivity contribution >= 4 is 15.6 Å². The lowest BCUT2D eigenvalue weighted by molar-refractivity contribution is 0.257. The fraction of sp³-hybridized carbons (Fsp3) is 0. The van der Waals surface area contributed by atoms with Crippen molar-refractivity contribution in [2.75, 3.05) is 0 Å². The second kappa shape index (κ2) is 6.78. The van der Waals surface area contributed by atoms with Gasteiger partial charge in [-0.3, -0.25) is 19.6 Å². The topological polar surface area (TPSA) is 134 Å². The van der Waals surface area contributed by atoms with Crippen LogP contribution in [0.4, 0.5) is 0 Å². The zero-order chi connectivity index (χ0) is 11.8. The molecular formula is C4H10O8P2. The van der Waals surface area contributed by atoms with E-state index in [1.165, 1.54) is 0 Å². The summed E-state index contributed by atoms with van der Waals surface area (Å²) in [5.74, 6) is 0. The van der Waals surface area contributed by atoms with Gasteiger partial charge in [0.1, 0.15) is 0 Å². The van der Waals surface area contributed by atoms with Crippen molar-refractivity contribution in [3.05, 3.63) is 25.7 Å². The summed E-state index contributed by atoms with van der Waals surface area (Å²) in [7, 11) is -8.57. The Morgan fingerprint density at radius 1 is 0.857 bits per heavy atom. The third-order valence-corrected chi connectivity index (χ3v) is 1.27. The molecule has 10 heteroatoms. The summed E-state index contributed by atoms with van der Waals surface area (Å²) in [6.45, 7) is 5.86. The quantitative estimate of drug-likeness (QED) is 0.416. The molecule has 0 bridgehead atoms. The van der Waals surface area contributed by atoms with Gasteiger partial charge in [0.25, 0.3) is 0 Å². The summed E-state index contributed by atoms with van der Waals surface area (Å²) in [6, 6.07) is 0. The number of rotatable bonds is 4. The lowest BCUT2D eigenvalue weighted by Crippen LogP contribution is -1.75. The minimum atomic E-state index is -4.28. The van der Waals surface area contributed by atoms with Crippen molar-refractivity contribution in [3.8, 4) is 0 Å². The maximum Gasteiger partial charge on any atom is 0.524 e. The van der Waals surface area contributed by atoms with Crippen molar-refractivity contribution in [1.82, 2.24) is 0 Å². The van der Waals surface area contributed by atoms with Gasteiger partial charge >= 0.3 is 15.6 Å². The van der Waals surface area contributed by atoms with Crippen molar-refractivity contribution < 1.29 is 37.8 Å². The highest BCUT2D eigenvalue weighted by Crippen LogP contribution is 2.35. The Balaban J connectivity index is 0. The van der Waals surface area contributed by atoms with Gasteiger partial charge in [-0.05, 0) is 0 Å². The molecule has 0 amide bonds. The fourth-order valence-electron chi connectivity index (χ4n) is 0.194. The molecule has 0 saturated heterocycles. The summed E-state index contributed by atoms with van der Waals surface area (Å²) in [6.07, 6.45) is 1.39. The Hall–Kier alpha value is -0.620. The molecule has 14 heavy (non-hydrogen) atoms. The lowest BCUT2D eigenvalue weighted by Gasteiger charge is -1.96. The van der Waals surface area contributed by atoms with E-state index in [-0.39, 0.29) is 0 Å². The van der Waals surface area contributed by atoms with Gasteiger partial charge in [-0.15, -0.1) is 0 Å². The summed E-state index contributed by atoms with van der Waals surface area (Å²) in [4.78, 5) is 31.3. The number of hydrogen-bond donors (Lipinski definition) is 4. The predicted molar refractivity (Wildman–Crippen MR) is 46.7 cm³/mol. The van der Waals surface area contributed by atoms with Crippen molar-refractivity contribution in [1.29, 1.82) is 0 Å². The maximum absolute atomic E-state index is 9.63. The van der Waals surface area contributed by atoms with Crippen LogP contribution in [-0.4, -0.2) is 19.6 Å². The van der Waals surface area contributed by atoms with E-state index in [1.807, 2.05) is 0 Å². The lowest BCUT2D eigenvalue weighted by atomic mass is 11.2. The number of hydrogen-bond acceptors (Lipinski definition) is 4. The minimum absolute atomic E-state index is 0.695. The van der Waals surface area contributed by atoms with Gasteiger partial charge in [0, 0.05) is 0 Å². The molecule has 0 aliphatic rings. The number of phosphoric ester groups is 2. The van der Waals surface area contributed by atoms with Crippen LogP contribution in [0.3, 0.4) is 0 Å². The molecule has 0 spiro atoms. The van der Waals surface area contributed by atoms with Crippen molar-refractivity contribution in [2.45, 2.75) is 0 Å². The van der Waals surface area contributed by atoms with Gasteiger partial charge in [0.2, 0.25) is 0 Å². The van der Waals surface area contributed by atoms with Crippen LogP contribution in [0.25, 0.3) is 0 Å². The van der Waals surface area contributed by atoms with E-state index in [2.05, 4.69) is 22.2 Å². The van der Waals surface area contributed by atoms with E-state index in [0.29, 0.717) is 12.5 Å². The summed E-state index contributed by atoms with van der Waals surface area (Å²) in [5.41, 5.74) is 0. The van der Waals surface area contributed by atoms with Crippen LogP contribution < -0.4 is 0 Å². The van der Waals surface area contributed by atoms with Gasteiger partial charge in [0.15, 0.2) is 0 Å². The van der Waals surface area contributed by atoms with E-state index in [1.54, 1.807) is 0 Å². The molecule has 0 unspecified atom stereocenters. The van der Waals surface area contributed by atoms with Crippen LogP contribution in [0, 0.1) is 0 Å². The molecule has 0 radical (unpaired) electrons. The normalized spacial score (nSPS) is 10.6. The van der Waals surface area contributed by atoms with E-state index >= 15 is 0 Å². The third kappa shape index (κ3) is 22.5. The zero-order valence-electron chi connectivity index (χ0n) is 6.89. The molecule has 0 atom stereocenters.